The topological polar surface area (TPSA) is 111 Å². The fraction of sp³-hybridized carbons (Fsp3) is 0.185. The molecule has 1 aromatic carbocycles. The van der Waals surface area contributed by atoms with Crippen molar-refractivity contribution in [2.24, 2.45) is 0 Å². The zero-order valence-electron chi connectivity index (χ0n) is 19.9. The molecular weight excluding hydrogens is 458 g/mol. The van der Waals surface area contributed by atoms with E-state index >= 15 is 0 Å². The van der Waals surface area contributed by atoms with Crippen LogP contribution in [0, 0.1) is 0 Å². The van der Waals surface area contributed by atoms with E-state index in [1.54, 1.807) is 43.2 Å². The van der Waals surface area contributed by atoms with Crippen molar-refractivity contribution in [1.29, 1.82) is 0 Å². The summed E-state index contributed by atoms with van der Waals surface area (Å²) in [6, 6.07) is 14.1. The summed E-state index contributed by atoms with van der Waals surface area (Å²) < 4.78 is 12.1. The lowest BCUT2D eigenvalue weighted by atomic mass is 9.99. The van der Waals surface area contributed by atoms with Crippen LogP contribution in [-0.4, -0.2) is 45.1 Å². The number of ketones is 1. The molecule has 0 amide bonds. The van der Waals surface area contributed by atoms with Crippen LogP contribution in [0.3, 0.4) is 0 Å². The number of pyridine rings is 2. The standard InChI is InChI=1S/C27H25N5O4/c1-3-36-24(33)11-17-7-6-9-21-22(16-29-25(17)21)27(34)26(30-18-12-20(35-2)15-28-14-18)23-13-19-8-4-5-10-32(19)31-23/h4-10,12-16,26,29-30H,3,11H2,1-2H3. The lowest BCUT2D eigenvalue weighted by Gasteiger charge is -2.17. The molecule has 0 saturated carbocycles. The lowest BCUT2D eigenvalue weighted by molar-refractivity contribution is -0.142. The number of hydrogen-bond donors (Lipinski definition) is 2. The van der Waals surface area contributed by atoms with E-state index in [1.165, 1.54) is 0 Å². The van der Waals surface area contributed by atoms with Gasteiger partial charge in [0.1, 0.15) is 11.8 Å². The molecule has 0 spiro atoms. The molecule has 5 rings (SSSR count). The van der Waals surface area contributed by atoms with Gasteiger partial charge in [0.05, 0.1) is 49.4 Å². The molecule has 5 aromatic rings. The molecule has 0 aliphatic rings. The van der Waals surface area contributed by atoms with Gasteiger partial charge in [-0.05, 0) is 30.7 Å². The molecule has 9 heteroatoms. The van der Waals surface area contributed by atoms with E-state index < -0.39 is 6.04 Å². The number of aromatic nitrogens is 4. The molecule has 36 heavy (non-hydrogen) atoms. The van der Waals surface area contributed by atoms with Crippen molar-refractivity contribution in [3.05, 3.63) is 90.1 Å². The van der Waals surface area contributed by atoms with Crippen molar-refractivity contribution in [2.75, 3.05) is 19.0 Å². The average molecular weight is 484 g/mol. The average Bonchev–Trinajstić information content (AvgIpc) is 3.52. The van der Waals surface area contributed by atoms with Gasteiger partial charge in [-0.2, -0.15) is 5.10 Å². The molecule has 1 atom stereocenters. The molecule has 1 unspecified atom stereocenters. The number of aromatic amines is 1. The Labute approximate surface area is 207 Å². The molecular formula is C27H25N5O4. The number of nitrogens with zero attached hydrogens (tertiary/aromatic N) is 3. The molecule has 4 heterocycles. The predicted octanol–water partition coefficient (Wildman–Crippen LogP) is 4.36. The second-order valence-corrected chi connectivity index (χ2v) is 8.22. The van der Waals surface area contributed by atoms with Gasteiger partial charge in [0.2, 0.25) is 0 Å². The highest BCUT2D eigenvalue weighted by Crippen LogP contribution is 2.30. The molecule has 0 fully saturated rings. The number of ether oxygens (including phenoxy) is 2. The molecule has 4 aromatic heterocycles. The first kappa shape index (κ1) is 23.1. The fourth-order valence-electron chi connectivity index (χ4n) is 4.24. The van der Waals surface area contributed by atoms with Gasteiger partial charge in [-0.3, -0.25) is 14.6 Å². The smallest absolute Gasteiger partial charge is 0.310 e. The third-order valence-electron chi connectivity index (χ3n) is 5.91. The predicted molar refractivity (Wildman–Crippen MR) is 135 cm³/mol. The minimum atomic E-state index is -0.800. The molecule has 9 nitrogen and oxygen atoms in total. The Morgan fingerprint density at radius 1 is 1.14 bits per heavy atom. The van der Waals surface area contributed by atoms with Crippen LogP contribution in [0.15, 0.2) is 73.3 Å². The summed E-state index contributed by atoms with van der Waals surface area (Å²) in [5.41, 5.74) is 4.02. The third-order valence-corrected chi connectivity index (χ3v) is 5.91. The molecule has 182 valence electrons. The van der Waals surface area contributed by atoms with Gasteiger partial charge in [0, 0.05) is 34.9 Å². The highest BCUT2D eigenvalue weighted by atomic mass is 16.5. The number of hydrogen-bond acceptors (Lipinski definition) is 7. The van der Waals surface area contributed by atoms with Gasteiger partial charge in [-0.15, -0.1) is 0 Å². The Hall–Kier alpha value is -4.66. The molecule has 0 aliphatic heterocycles. The van der Waals surface area contributed by atoms with Crippen LogP contribution in [0.25, 0.3) is 16.4 Å². The number of nitrogens with one attached hydrogen (secondary N) is 2. The number of carbonyl (C=O) groups excluding carboxylic acids is 2. The Balaban J connectivity index is 1.55. The van der Waals surface area contributed by atoms with Crippen LogP contribution in [0.1, 0.15) is 34.6 Å². The van der Waals surface area contributed by atoms with Crippen LogP contribution < -0.4 is 10.1 Å². The quantitative estimate of drug-likeness (QED) is 0.237. The third kappa shape index (κ3) is 4.50. The summed E-state index contributed by atoms with van der Waals surface area (Å²) in [5, 5.41) is 8.67. The van der Waals surface area contributed by atoms with Crippen LogP contribution in [0.2, 0.25) is 0 Å². The summed E-state index contributed by atoms with van der Waals surface area (Å²) in [6.45, 7) is 2.09. The number of methoxy groups -OCH3 is 1. The first-order valence-corrected chi connectivity index (χ1v) is 11.6. The van der Waals surface area contributed by atoms with E-state index in [4.69, 9.17) is 9.47 Å². The van der Waals surface area contributed by atoms with E-state index in [9.17, 15) is 9.59 Å². The fourth-order valence-corrected chi connectivity index (χ4v) is 4.24. The second-order valence-electron chi connectivity index (χ2n) is 8.22. The Morgan fingerprint density at radius 2 is 2.03 bits per heavy atom. The number of Topliss-reactive ketones (excluding diaryl/α,β-unsaturated/α-hetero) is 1. The SMILES string of the molecule is CCOC(=O)Cc1cccc2c(C(=O)C(Nc3cncc(OC)c3)c3cc4ccccn4n3)c[nH]c12. The number of carbonyl (C=O) groups is 2. The van der Waals surface area contributed by atoms with E-state index in [0.717, 1.165) is 22.0 Å². The zero-order chi connectivity index (χ0) is 25.1. The van der Waals surface area contributed by atoms with Crippen molar-refractivity contribution in [3.8, 4) is 5.75 Å². The number of esters is 1. The highest BCUT2D eigenvalue weighted by molar-refractivity contribution is 6.12. The zero-order valence-corrected chi connectivity index (χ0v) is 19.9. The molecule has 0 saturated heterocycles. The molecule has 0 bridgehead atoms. The molecule has 0 aliphatic carbocycles. The maximum Gasteiger partial charge on any atom is 0.310 e. The summed E-state index contributed by atoms with van der Waals surface area (Å²) >= 11 is 0. The van der Waals surface area contributed by atoms with Crippen molar-refractivity contribution in [2.45, 2.75) is 19.4 Å². The van der Waals surface area contributed by atoms with Gasteiger partial charge >= 0.3 is 5.97 Å². The Bertz CT molecular complexity index is 1520. The van der Waals surface area contributed by atoms with E-state index in [2.05, 4.69) is 20.4 Å². The summed E-state index contributed by atoms with van der Waals surface area (Å²) in [5.74, 6) is 0.0694. The summed E-state index contributed by atoms with van der Waals surface area (Å²) in [4.78, 5) is 33.5. The second kappa shape index (κ2) is 9.91. The minimum Gasteiger partial charge on any atom is -0.495 e. The van der Waals surface area contributed by atoms with Crippen molar-refractivity contribution in [3.63, 3.8) is 0 Å². The van der Waals surface area contributed by atoms with Crippen molar-refractivity contribution in [1.82, 2.24) is 19.6 Å². The number of benzene rings is 1. The van der Waals surface area contributed by atoms with Gasteiger partial charge in [0.15, 0.2) is 5.78 Å². The number of H-pyrrole nitrogens is 1. The first-order chi connectivity index (χ1) is 17.6. The van der Waals surface area contributed by atoms with Crippen LogP contribution in [0.4, 0.5) is 5.69 Å². The minimum absolute atomic E-state index is 0.114. The Kier molecular flexibility index (Phi) is 6.36. The van der Waals surface area contributed by atoms with Crippen LogP contribution in [-0.2, 0) is 16.0 Å². The maximum absolute atomic E-state index is 14.0. The normalized spacial score (nSPS) is 11.9. The first-order valence-electron chi connectivity index (χ1n) is 11.6. The van der Waals surface area contributed by atoms with Crippen molar-refractivity contribution < 1.29 is 19.1 Å². The van der Waals surface area contributed by atoms with Crippen LogP contribution in [0.5, 0.6) is 5.75 Å². The van der Waals surface area contributed by atoms with Gasteiger partial charge in [-0.1, -0.05) is 24.3 Å². The molecule has 2 N–H and O–H groups in total. The van der Waals surface area contributed by atoms with E-state index in [0.29, 0.717) is 29.3 Å². The Morgan fingerprint density at radius 3 is 2.83 bits per heavy atom. The van der Waals surface area contributed by atoms with Gasteiger partial charge < -0.3 is 19.8 Å². The lowest BCUT2D eigenvalue weighted by Crippen LogP contribution is -2.22. The van der Waals surface area contributed by atoms with Crippen molar-refractivity contribution >= 4 is 33.9 Å². The number of anilines is 1. The summed E-state index contributed by atoms with van der Waals surface area (Å²) in [7, 11) is 1.56. The monoisotopic (exact) mass is 483 g/mol. The van der Waals surface area contributed by atoms with Gasteiger partial charge in [-0.25, -0.2) is 4.52 Å². The largest absolute Gasteiger partial charge is 0.495 e. The van der Waals surface area contributed by atoms with Gasteiger partial charge in [0.25, 0.3) is 0 Å². The number of fused-ring (bicyclic) bond motifs is 2. The highest BCUT2D eigenvalue weighted by Gasteiger charge is 2.28. The van der Waals surface area contributed by atoms with E-state index in [1.807, 2.05) is 48.7 Å². The molecule has 0 radical (unpaired) electrons. The number of rotatable bonds is 9. The summed E-state index contributed by atoms with van der Waals surface area (Å²) in [6.07, 6.45) is 6.85. The number of para-hydroxylation sites is 1. The maximum atomic E-state index is 14.0. The van der Waals surface area contributed by atoms with Crippen LogP contribution >= 0.6 is 0 Å². The van der Waals surface area contributed by atoms with E-state index in [-0.39, 0.29) is 18.2 Å².